The Kier molecular flexibility index (Phi) is 4.29. The van der Waals surface area contributed by atoms with E-state index in [1.54, 1.807) is 24.9 Å². The van der Waals surface area contributed by atoms with Crippen LogP contribution in [0, 0.1) is 0 Å². The second kappa shape index (κ2) is 6.18. The predicted molar refractivity (Wildman–Crippen MR) is 91.1 cm³/mol. The van der Waals surface area contributed by atoms with E-state index in [0.29, 0.717) is 5.02 Å². The SMILES string of the molecule is COc1cc(Cl)cc(Sc2cc(Cl)c3ccccc3c2)c1. The number of ether oxygens (including phenoxy) is 1. The summed E-state index contributed by atoms with van der Waals surface area (Å²) in [6.45, 7) is 0. The third kappa shape index (κ3) is 3.29. The van der Waals surface area contributed by atoms with Crippen molar-refractivity contribution in [1.82, 2.24) is 0 Å². The Bertz CT molecular complexity index is 802. The second-order valence-electron chi connectivity index (χ2n) is 4.56. The van der Waals surface area contributed by atoms with Crippen molar-refractivity contribution in [2.75, 3.05) is 7.11 Å². The van der Waals surface area contributed by atoms with Crippen LogP contribution in [0.2, 0.25) is 10.0 Å². The topological polar surface area (TPSA) is 9.23 Å². The molecular weight excluding hydrogens is 323 g/mol. The zero-order valence-corrected chi connectivity index (χ0v) is 13.6. The Morgan fingerprint density at radius 1 is 0.905 bits per heavy atom. The van der Waals surface area contributed by atoms with Gasteiger partial charge in [-0.25, -0.2) is 0 Å². The summed E-state index contributed by atoms with van der Waals surface area (Å²) in [5.41, 5.74) is 0. The number of benzene rings is 3. The third-order valence-corrected chi connectivity index (χ3v) is 4.57. The Balaban J connectivity index is 2.00. The van der Waals surface area contributed by atoms with Crippen LogP contribution < -0.4 is 4.74 Å². The highest BCUT2D eigenvalue weighted by Crippen LogP contribution is 2.36. The molecule has 0 fully saturated rings. The Morgan fingerprint density at radius 2 is 1.67 bits per heavy atom. The molecule has 3 aromatic carbocycles. The molecule has 3 rings (SSSR count). The van der Waals surface area contributed by atoms with Gasteiger partial charge in [0.05, 0.1) is 7.11 Å². The van der Waals surface area contributed by atoms with E-state index >= 15 is 0 Å². The largest absolute Gasteiger partial charge is 0.497 e. The maximum absolute atomic E-state index is 6.35. The monoisotopic (exact) mass is 334 g/mol. The molecule has 1 nitrogen and oxygen atoms in total. The molecule has 0 heterocycles. The Morgan fingerprint density at radius 3 is 2.48 bits per heavy atom. The quantitative estimate of drug-likeness (QED) is 0.555. The van der Waals surface area contributed by atoms with Gasteiger partial charge < -0.3 is 4.74 Å². The van der Waals surface area contributed by atoms with Gasteiger partial charge in [-0.1, -0.05) is 59.2 Å². The zero-order valence-electron chi connectivity index (χ0n) is 11.3. The zero-order chi connectivity index (χ0) is 14.8. The van der Waals surface area contributed by atoms with E-state index in [4.69, 9.17) is 27.9 Å². The van der Waals surface area contributed by atoms with Gasteiger partial charge in [-0.3, -0.25) is 0 Å². The Labute approximate surface area is 137 Å². The number of rotatable bonds is 3. The fraction of sp³-hybridized carbons (Fsp3) is 0.0588. The van der Waals surface area contributed by atoms with E-state index in [9.17, 15) is 0 Å². The lowest BCUT2D eigenvalue weighted by molar-refractivity contribution is 0.413. The van der Waals surface area contributed by atoms with E-state index in [2.05, 4.69) is 12.1 Å². The first-order chi connectivity index (χ1) is 10.2. The molecule has 0 aliphatic carbocycles. The maximum atomic E-state index is 6.35. The summed E-state index contributed by atoms with van der Waals surface area (Å²) in [7, 11) is 1.63. The standard InChI is InChI=1S/C17H12Cl2OS/c1-20-13-7-12(18)8-15(9-13)21-14-6-11-4-2-3-5-16(11)17(19)10-14/h2-10H,1H3. The lowest BCUT2D eigenvalue weighted by atomic mass is 10.1. The van der Waals surface area contributed by atoms with E-state index in [0.717, 1.165) is 31.3 Å². The molecule has 0 bridgehead atoms. The van der Waals surface area contributed by atoms with Crippen LogP contribution in [0.5, 0.6) is 5.75 Å². The number of hydrogen-bond donors (Lipinski definition) is 0. The molecule has 4 heteroatoms. The number of fused-ring (bicyclic) bond motifs is 1. The van der Waals surface area contributed by atoms with Gasteiger partial charge in [-0.15, -0.1) is 0 Å². The van der Waals surface area contributed by atoms with Gasteiger partial charge in [0.15, 0.2) is 0 Å². The predicted octanol–water partition coefficient (Wildman–Crippen LogP) is 6.31. The Hall–Kier alpha value is -1.35. The summed E-state index contributed by atoms with van der Waals surface area (Å²) in [6.07, 6.45) is 0. The van der Waals surface area contributed by atoms with Gasteiger partial charge in [0.2, 0.25) is 0 Å². The van der Waals surface area contributed by atoms with Crippen molar-refractivity contribution in [3.05, 3.63) is 64.6 Å². The van der Waals surface area contributed by atoms with Gasteiger partial charge in [0, 0.05) is 25.2 Å². The van der Waals surface area contributed by atoms with Crippen LogP contribution in [-0.4, -0.2) is 7.11 Å². The molecule has 0 aliphatic heterocycles. The average Bonchev–Trinajstić information content (AvgIpc) is 2.46. The van der Waals surface area contributed by atoms with Crippen LogP contribution in [0.15, 0.2) is 64.4 Å². The highest BCUT2D eigenvalue weighted by molar-refractivity contribution is 7.99. The van der Waals surface area contributed by atoms with Gasteiger partial charge in [-0.05, 0) is 35.7 Å². The molecule has 0 saturated carbocycles. The van der Waals surface area contributed by atoms with Crippen molar-refractivity contribution in [1.29, 1.82) is 0 Å². The first-order valence-electron chi connectivity index (χ1n) is 6.36. The molecule has 0 aromatic heterocycles. The molecule has 0 saturated heterocycles. The van der Waals surface area contributed by atoms with E-state index in [-0.39, 0.29) is 0 Å². The molecule has 0 amide bonds. The van der Waals surface area contributed by atoms with Crippen LogP contribution in [0.3, 0.4) is 0 Å². The molecule has 3 aromatic rings. The smallest absolute Gasteiger partial charge is 0.121 e. The van der Waals surface area contributed by atoms with E-state index in [1.165, 1.54) is 0 Å². The summed E-state index contributed by atoms with van der Waals surface area (Å²) in [5, 5.41) is 3.60. The maximum Gasteiger partial charge on any atom is 0.121 e. The normalized spacial score (nSPS) is 10.8. The minimum atomic E-state index is 0.656. The minimum Gasteiger partial charge on any atom is -0.497 e. The van der Waals surface area contributed by atoms with Gasteiger partial charge in [-0.2, -0.15) is 0 Å². The van der Waals surface area contributed by atoms with Crippen molar-refractivity contribution < 1.29 is 4.74 Å². The van der Waals surface area contributed by atoms with E-state index in [1.807, 2.05) is 36.4 Å². The summed E-state index contributed by atoms with van der Waals surface area (Å²) >= 11 is 14.1. The second-order valence-corrected chi connectivity index (χ2v) is 6.55. The van der Waals surface area contributed by atoms with Crippen molar-refractivity contribution in [3.8, 4) is 5.75 Å². The first-order valence-corrected chi connectivity index (χ1v) is 7.94. The van der Waals surface area contributed by atoms with Crippen LogP contribution in [0.1, 0.15) is 0 Å². The molecule has 0 radical (unpaired) electrons. The van der Waals surface area contributed by atoms with Crippen molar-refractivity contribution >= 4 is 45.7 Å². The lowest BCUT2D eigenvalue weighted by Crippen LogP contribution is -1.84. The van der Waals surface area contributed by atoms with Crippen molar-refractivity contribution in [3.63, 3.8) is 0 Å². The fourth-order valence-corrected chi connectivity index (χ4v) is 3.79. The summed E-state index contributed by atoms with van der Waals surface area (Å²) in [4.78, 5) is 2.09. The summed E-state index contributed by atoms with van der Waals surface area (Å²) in [6, 6.07) is 17.8. The van der Waals surface area contributed by atoms with Crippen LogP contribution >= 0.6 is 35.0 Å². The number of methoxy groups -OCH3 is 1. The molecule has 0 spiro atoms. The number of halogens is 2. The summed E-state index contributed by atoms with van der Waals surface area (Å²) < 4.78 is 5.24. The molecular formula is C17H12Cl2OS. The molecule has 0 unspecified atom stereocenters. The lowest BCUT2D eigenvalue weighted by Gasteiger charge is -2.08. The molecule has 0 N–H and O–H groups in total. The fourth-order valence-electron chi connectivity index (χ4n) is 2.15. The highest BCUT2D eigenvalue weighted by Gasteiger charge is 2.06. The molecule has 21 heavy (non-hydrogen) atoms. The highest BCUT2D eigenvalue weighted by atomic mass is 35.5. The van der Waals surface area contributed by atoms with E-state index < -0.39 is 0 Å². The van der Waals surface area contributed by atoms with Crippen LogP contribution in [-0.2, 0) is 0 Å². The van der Waals surface area contributed by atoms with Crippen LogP contribution in [0.25, 0.3) is 10.8 Å². The molecule has 106 valence electrons. The molecule has 0 aliphatic rings. The third-order valence-electron chi connectivity index (χ3n) is 3.10. The van der Waals surface area contributed by atoms with Gasteiger partial charge in [0.25, 0.3) is 0 Å². The van der Waals surface area contributed by atoms with Crippen LogP contribution in [0.4, 0.5) is 0 Å². The minimum absolute atomic E-state index is 0.656. The van der Waals surface area contributed by atoms with Crippen molar-refractivity contribution in [2.45, 2.75) is 9.79 Å². The molecule has 0 atom stereocenters. The summed E-state index contributed by atoms with van der Waals surface area (Å²) in [5.74, 6) is 0.747. The van der Waals surface area contributed by atoms with Gasteiger partial charge in [0.1, 0.15) is 5.75 Å². The van der Waals surface area contributed by atoms with Gasteiger partial charge >= 0.3 is 0 Å². The van der Waals surface area contributed by atoms with Crippen molar-refractivity contribution in [2.24, 2.45) is 0 Å². The first kappa shape index (κ1) is 14.6. The number of hydrogen-bond acceptors (Lipinski definition) is 2. The average molecular weight is 335 g/mol.